The second kappa shape index (κ2) is 10.3. The predicted molar refractivity (Wildman–Crippen MR) is 122 cm³/mol. The van der Waals surface area contributed by atoms with Crippen molar-refractivity contribution < 1.29 is 14.0 Å². The lowest BCUT2D eigenvalue weighted by molar-refractivity contribution is -0.122. The number of fused-ring (bicyclic) bond motifs is 1. The Morgan fingerprint density at radius 2 is 1.70 bits per heavy atom. The molecule has 0 bridgehead atoms. The van der Waals surface area contributed by atoms with Crippen LogP contribution < -0.4 is 16.4 Å². The van der Waals surface area contributed by atoms with Crippen LogP contribution >= 0.6 is 12.4 Å². The summed E-state index contributed by atoms with van der Waals surface area (Å²) in [6.07, 6.45) is 1.84. The summed E-state index contributed by atoms with van der Waals surface area (Å²) in [5, 5.41) is 6.76. The molecule has 3 rings (SSSR count). The van der Waals surface area contributed by atoms with Crippen LogP contribution in [-0.2, 0) is 11.2 Å². The Labute approximate surface area is 182 Å². The van der Waals surface area contributed by atoms with Crippen molar-refractivity contribution in [2.75, 3.05) is 11.9 Å². The molecule has 2 aromatic carbocycles. The van der Waals surface area contributed by atoms with Crippen LogP contribution in [0, 0.1) is 0 Å². The molecule has 4 N–H and O–H groups in total. The maximum atomic E-state index is 12.4. The SMILES string of the molecule is CCC(CC)(CN)NC(=O)Cc1ccc(NC(=O)c2cc3ccccc3o2)cc1.Cl. The quantitative estimate of drug-likeness (QED) is 0.497. The second-order valence-electron chi connectivity index (χ2n) is 7.22. The van der Waals surface area contributed by atoms with E-state index in [0.717, 1.165) is 23.8 Å². The van der Waals surface area contributed by atoms with Gasteiger partial charge in [0.2, 0.25) is 5.91 Å². The molecule has 6 nitrogen and oxygen atoms in total. The summed E-state index contributed by atoms with van der Waals surface area (Å²) < 4.78 is 5.58. The molecule has 0 aliphatic rings. The van der Waals surface area contributed by atoms with E-state index in [1.54, 1.807) is 18.2 Å². The third-order valence-electron chi connectivity index (χ3n) is 5.37. The van der Waals surface area contributed by atoms with Gasteiger partial charge in [0.15, 0.2) is 5.76 Å². The number of hydrogen-bond donors (Lipinski definition) is 3. The van der Waals surface area contributed by atoms with Gasteiger partial charge < -0.3 is 20.8 Å². The highest BCUT2D eigenvalue weighted by Gasteiger charge is 2.26. The van der Waals surface area contributed by atoms with Gasteiger partial charge in [-0.05, 0) is 42.7 Å². The van der Waals surface area contributed by atoms with Gasteiger partial charge in [0.05, 0.1) is 12.0 Å². The summed E-state index contributed by atoms with van der Waals surface area (Å²) >= 11 is 0. The number of benzene rings is 2. The Hall–Kier alpha value is -2.83. The number of halogens is 1. The van der Waals surface area contributed by atoms with Gasteiger partial charge >= 0.3 is 0 Å². The smallest absolute Gasteiger partial charge is 0.291 e. The van der Waals surface area contributed by atoms with Gasteiger partial charge in [0, 0.05) is 17.6 Å². The van der Waals surface area contributed by atoms with Gasteiger partial charge in [-0.2, -0.15) is 0 Å². The monoisotopic (exact) mass is 429 g/mol. The highest BCUT2D eigenvalue weighted by atomic mass is 35.5. The number of nitrogens with one attached hydrogen (secondary N) is 2. The average molecular weight is 430 g/mol. The van der Waals surface area contributed by atoms with Crippen LogP contribution in [0.3, 0.4) is 0 Å². The highest BCUT2D eigenvalue weighted by Crippen LogP contribution is 2.20. The molecule has 30 heavy (non-hydrogen) atoms. The normalized spacial score (nSPS) is 11.0. The van der Waals surface area contributed by atoms with E-state index in [1.807, 2.05) is 50.2 Å². The van der Waals surface area contributed by atoms with Crippen molar-refractivity contribution in [3.63, 3.8) is 0 Å². The predicted octanol–water partition coefficient (Wildman–Crippen LogP) is 4.28. The zero-order valence-electron chi connectivity index (χ0n) is 17.2. The molecule has 7 heteroatoms. The number of carbonyl (C=O) groups is 2. The molecule has 1 aromatic heterocycles. The lowest BCUT2D eigenvalue weighted by Gasteiger charge is -2.31. The fourth-order valence-electron chi connectivity index (χ4n) is 3.28. The van der Waals surface area contributed by atoms with Crippen molar-refractivity contribution in [3.8, 4) is 0 Å². The fourth-order valence-corrected chi connectivity index (χ4v) is 3.28. The summed E-state index contributed by atoms with van der Waals surface area (Å²) in [7, 11) is 0. The van der Waals surface area contributed by atoms with Gasteiger partial charge in [0.25, 0.3) is 5.91 Å². The first-order valence-corrected chi connectivity index (χ1v) is 9.88. The summed E-state index contributed by atoms with van der Waals surface area (Å²) in [5.74, 6) is -0.115. The molecule has 0 radical (unpaired) electrons. The Balaban J connectivity index is 0.00000320. The van der Waals surface area contributed by atoms with Gasteiger partial charge in [-0.3, -0.25) is 9.59 Å². The van der Waals surface area contributed by atoms with Crippen LogP contribution in [-0.4, -0.2) is 23.9 Å². The van der Waals surface area contributed by atoms with E-state index >= 15 is 0 Å². The van der Waals surface area contributed by atoms with E-state index in [9.17, 15) is 9.59 Å². The molecule has 0 saturated carbocycles. The Bertz CT molecular complexity index is 953. The minimum Gasteiger partial charge on any atom is -0.451 e. The van der Waals surface area contributed by atoms with Crippen LogP contribution in [0.25, 0.3) is 11.0 Å². The van der Waals surface area contributed by atoms with E-state index in [0.29, 0.717) is 17.8 Å². The number of hydrogen-bond acceptors (Lipinski definition) is 4. The first kappa shape index (κ1) is 23.4. The topological polar surface area (TPSA) is 97.4 Å². The van der Waals surface area contributed by atoms with Gasteiger partial charge in [-0.15, -0.1) is 12.4 Å². The number of amides is 2. The van der Waals surface area contributed by atoms with Gasteiger partial charge in [-0.1, -0.05) is 44.2 Å². The third kappa shape index (κ3) is 5.40. The van der Waals surface area contributed by atoms with Crippen LogP contribution in [0.15, 0.2) is 59.0 Å². The van der Waals surface area contributed by atoms with Gasteiger partial charge in [-0.25, -0.2) is 0 Å². The van der Waals surface area contributed by atoms with E-state index in [4.69, 9.17) is 10.2 Å². The molecule has 0 fully saturated rings. The third-order valence-corrected chi connectivity index (χ3v) is 5.37. The van der Waals surface area contributed by atoms with Crippen molar-refractivity contribution in [2.24, 2.45) is 5.73 Å². The Morgan fingerprint density at radius 3 is 2.30 bits per heavy atom. The molecule has 0 aliphatic carbocycles. The van der Waals surface area contributed by atoms with Crippen LogP contribution in [0.2, 0.25) is 0 Å². The summed E-state index contributed by atoms with van der Waals surface area (Å²) in [5.41, 5.74) is 7.67. The molecular formula is C23H28ClN3O3. The molecule has 0 spiro atoms. The number of carbonyl (C=O) groups excluding carboxylic acids is 2. The van der Waals surface area contributed by atoms with Crippen molar-refractivity contribution in [1.82, 2.24) is 5.32 Å². The largest absolute Gasteiger partial charge is 0.451 e. The van der Waals surface area contributed by atoms with Crippen LogP contribution in [0.4, 0.5) is 5.69 Å². The van der Waals surface area contributed by atoms with Crippen molar-refractivity contribution >= 4 is 40.9 Å². The lowest BCUT2D eigenvalue weighted by atomic mass is 9.92. The molecule has 0 atom stereocenters. The standard InChI is InChI=1S/C23H27N3O3.ClH/c1-3-23(4-2,15-24)26-21(27)13-16-9-11-18(12-10-16)25-22(28)20-14-17-7-5-6-8-19(17)29-20;/h5-12,14H,3-4,13,15,24H2,1-2H3,(H,25,28)(H,26,27);1H. The number of anilines is 1. The van der Waals surface area contributed by atoms with E-state index in [-0.39, 0.29) is 41.9 Å². The number of para-hydroxylation sites is 1. The maximum absolute atomic E-state index is 12.4. The van der Waals surface area contributed by atoms with E-state index in [2.05, 4.69) is 10.6 Å². The Morgan fingerprint density at radius 1 is 1.03 bits per heavy atom. The maximum Gasteiger partial charge on any atom is 0.291 e. The van der Waals surface area contributed by atoms with E-state index < -0.39 is 0 Å². The van der Waals surface area contributed by atoms with Crippen molar-refractivity contribution in [1.29, 1.82) is 0 Å². The summed E-state index contributed by atoms with van der Waals surface area (Å²) in [6, 6.07) is 16.4. The molecule has 0 saturated heterocycles. The summed E-state index contributed by atoms with van der Waals surface area (Å²) in [4.78, 5) is 24.8. The van der Waals surface area contributed by atoms with Crippen molar-refractivity contribution in [2.45, 2.75) is 38.6 Å². The number of rotatable bonds is 8. The number of furan rings is 1. The van der Waals surface area contributed by atoms with Crippen LogP contribution in [0.1, 0.15) is 42.8 Å². The van der Waals surface area contributed by atoms with Crippen LogP contribution in [0.5, 0.6) is 0 Å². The van der Waals surface area contributed by atoms with Gasteiger partial charge in [0.1, 0.15) is 5.58 Å². The zero-order chi connectivity index (χ0) is 20.9. The second-order valence-corrected chi connectivity index (χ2v) is 7.22. The van der Waals surface area contributed by atoms with E-state index in [1.165, 1.54) is 0 Å². The minimum absolute atomic E-state index is 0. The number of nitrogens with two attached hydrogens (primary N) is 1. The van der Waals surface area contributed by atoms with Crippen molar-refractivity contribution in [3.05, 3.63) is 65.9 Å². The molecule has 2 amide bonds. The molecule has 3 aromatic rings. The molecule has 160 valence electrons. The Kier molecular flexibility index (Phi) is 8.03. The fraction of sp³-hybridized carbons (Fsp3) is 0.304. The minimum atomic E-state index is -0.350. The first-order valence-electron chi connectivity index (χ1n) is 9.88. The first-order chi connectivity index (χ1) is 14.0. The zero-order valence-corrected chi connectivity index (χ0v) is 18.1. The molecule has 0 aliphatic heterocycles. The molecular weight excluding hydrogens is 402 g/mol. The lowest BCUT2D eigenvalue weighted by Crippen LogP contribution is -2.53. The summed E-state index contributed by atoms with van der Waals surface area (Å²) in [6.45, 7) is 4.46. The molecule has 0 unspecified atom stereocenters. The molecule has 1 heterocycles. The highest BCUT2D eigenvalue weighted by molar-refractivity contribution is 6.04. The average Bonchev–Trinajstić information content (AvgIpc) is 3.18.